The van der Waals surface area contributed by atoms with Crippen LogP contribution in [0.2, 0.25) is 0 Å². The molecule has 1 saturated heterocycles. The zero-order valence-electron chi connectivity index (χ0n) is 12.4. The van der Waals surface area contributed by atoms with E-state index in [9.17, 15) is 15.0 Å². The van der Waals surface area contributed by atoms with Gasteiger partial charge in [-0.3, -0.25) is 4.79 Å². The third-order valence-electron chi connectivity index (χ3n) is 3.63. The topological polar surface area (TPSA) is 137 Å². The number of aliphatic hydroxyl groups excluding tert-OH is 2. The highest BCUT2D eigenvalue weighted by Gasteiger charge is 2.45. The first-order chi connectivity index (χ1) is 11.1. The third kappa shape index (κ3) is 3.79. The third-order valence-corrected chi connectivity index (χ3v) is 3.63. The van der Waals surface area contributed by atoms with Gasteiger partial charge in [0.2, 0.25) is 0 Å². The largest absolute Gasteiger partial charge is 0.394 e. The minimum Gasteiger partial charge on any atom is -0.394 e. The SMILES string of the molecule is CO[C@H]1O[C@@H](CO)[C@@H](O)[C@@H](N=[N+]=[N-])[C@H]1NC(=O)c1ccccc1. The van der Waals surface area contributed by atoms with Gasteiger partial charge >= 0.3 is 0 Å². The molecule has 0 aromatic heterocycles. The van der Waals surface area contributed by atoms with E-state index in [-0.39, 0.29) is 0 Å². The summed E-state index contributed by atoms with van der Waals surface area (Å²) in [6, 6.07) is 6.50. The van der Waals surface area contributed by atoms with Gasteiger partial charge in [0.25, 0.3) is 5.91 Å². The van der Waals surface area contributed by atoms with Crippen molar-refractivity contribution in [2.24, 2.45) is 5.11 Å². The number of aliphatic hydroxyl groups is 2. The highest BCUT2D eigenvalue weighted by Crippen LogP contribution is 2.24. The molecule has 1 aliphatic rings. The summed E-state index contributed by atoms with van der Waals surface area (Å²) in [5, 5.41) is 25.6. The van der Waals surface area contributed by atoms with E-state index in [4.69, 9.17) is 15.0 Å². The van der Waals surface area contributed by atoms with Gasteiger partial charge in [0.15, 0.2) is 6.29 Å². The lowest BCUT2D eigenvalue weighted by atomic mass is 9.94. The summed E-state index contributed by atoms with van der Waals surface area (Å²) in [5.74, 6) is -0.422. The van der Waals surface area contributed by atoms with E-state index in [1.54, 1.807) is 30.3 Å². The molecule has 2 rings (SSSR count). The molecule has 0 bridgehead atoms. The maximum absolute atomic E-state index is 12.3. The van der Waals surface area contributed by atoms with Crippen molar-refractivity contribution in [2.75, 3.05) is 13.7 Å². The van der Waals surface area contributed by atoms with Crippen molar-refractivity contribution in [2.45, 2.75) is 30.6 Å². The van der Waals surface area contributed by atoms with Gasteiger partial charge in [-0.2, -0.15) is 0 Å². The van der Waals surface area contributed by atoms with E-state index in [0.717, 1.165) is 0 Å². The summed E-state index contributed by atoms with van der Waals surface area (Å²) in [6.45, 7) is -0.474. The molecule has 23 heavy (non-hydrogen) atoms. The summed E-state index contributed by atoms with van der Waals surface area (Å²) >= 11 is 0. The van der Waals surface area contributed by atoms with Crippen LogP contribution in [0.3, 0.4) is 0 Å². The predicted octanol–water partition coefficient (Wildman–Crippen LogP) is 0.188. The number of rotatable bonds is 5. The second-order valence-corrected chi connectivity index (χ2v) is 5.01. The van der Waals surface area contributed by atoms with Crippen LogP contribution in [-0.4, -0.2) is 60.4 Å². The minimum absolute atomic E-state index is 0.404. The zero-order chi connectivity index (χ0) is 16.8. The van der Waals surface area contributed by atoms with E-state index >= 15 is 0 Å². The van der Waals surface area contributed by atoms with Crippen molar-refractivity contribution in [3.63, 3.8) is 0 Å². The number of methoxy groups -OCH3 is 1. The average molecular weight is 322 g/mol. The lowest BCUT2D eigenvalue weighted by molar-refractivity contribution is -0.236. The first-order valence-electron chi connectivity index (χ1n) is 6.99. The van der Waals surface area contributed by atoms with Crippen molar-refractivity contribution in [1.82, 2.24) is 5.32 Å². The molecule has 0 radical (unpaired) electrons. The van der Waals surface area contributed by atoms with Gasteiger partial charge in [-0.1, -0.05) is 23.3 Å². The Morgan fingerprint density at radius 3 is 2.74 bits per heavy atom. The molecular weight excluding hydrogens is 304 g/mol. The van der Waals surface area contributed by atoms with Gasteiger partial charge < -0.3 is 25.0 Å². The van der Waals surface area contributed by atoms with E-state index in [1.165, 1.54) is 7.11 Å². The molecule has 124 valence electrons. The molecule has 1 fully saturated rings. The Hall–Kier alpha value is -2.16. The Labute approximate surface area is 132 Å². The quantitative estimate of drug-likeness (QED) is 0.404. The lowest BCUT2D eigenvalue weighted by Gasteiger charge is -2.42. The predicted molar refractivity (Wildman–Crippen MR) is 79.4 cm³/mol. The number of benzene rings is 1. The van der Waals surface area contributed by atoms with E-state index in [0.29, 0.717) is 5.56 Å². The maximum Gasteiger partial charge on any atom is 0.251 e. The molecule has 1 heterocycles. The van der Waals surface area contributed by atoms with Crippen molar-refractivity contribution in [3.05, 3.63) is 46.3 Å². The van der Waals surface area contributed by atoms with Crippen LogP contribution in [0.4, 0.5) is 0 Å². The van der Waals surface area contributed by atoms with E-state index < -0.39 is 43.1 Å². The smallest absolute Gasteiger partial charge is 0.251 e. The summed E-state index contributed by atoms with van der Waals surface area (Å²) in [6.07, 6.45) is -3.22. The van der Waals surface area contributed by atoms with Crippen LogP contribution in [0.15, 0.2) is 35.4 Å². The van der Waals surface area contributed by atoms with E-state index in [2.05, 4.69) is 15.3 Å². The summed E-state index contributed by atoms with van der Waals surface area (Å²) in [7, 11) is 1.35. The molecule has 1 aromatic rings. The van der Waals surface area contributed by atoms with Crippen LogP contribution in [0.1, 0.15) is 10.4 Å². The van der Waals surface area contributed by atoms with E-state index in [1.807, 2.05) is 0 Å². The van der Waals surface area contributed by atoms with Gasteiger partial charge in [-0.25, -0.2) is 0 Å². The molecular formula is C14H18N4O5. The minimum atomic E-state index is -1.27. The summed E-state index contributed by atoms with van der Waals surface area (Å²) in [4.78, 5) is 15.0. The van der Waals surface area contributed by atoms with Gasteiger partial charge in [0, 0.05) is 17.6 Å². The highest BCUT2D eigenvalue weighted by atomic mass is 16.7. The molecule has 0 saturated carbocycles. The fourth-order valence-corrected chi connectivity index (χ4v) is 2.46. The Bertz CT molecular complexity index is 578. The lowest BCUT2D eigenvalue weighted by Crippen LogP contribution is -2.63. The number of hydrogen-bond donors (Lipinski definition) is 3. The molecule has 0 aliphatic carbocycles. The molecule has 9 heteroatoms. The molecule has 1 aromatic carbocycles. The Morgan fingerprint density at radius 2 is 2.17 bits per heavy atom. The zero-order valence-corrected chi connectivity index (χ0v) is 12.4. The van der Waals surface area contributed by atoms with Gasteiger partial charge in [-0.05, 0) is 17.7 Å². The van der Waals surface area contributed by atoms with Crippen molar-refractivity contribution in [1.29, 1.82) is 0 Å². The Kier molecular flexibility index (Phi) is 5.91. The molecule has 1 aliphatic heterocycles. The number of nitrogens with one attached hydrogen (secondary N) is 1. The first-order valence-corrected chi connectivity index (χ1v) is 6.99. The number of ether oxygens (including phenoxy) is 2. The molecule has 0 spiro atoms. The first kappa shape index (κ1) is 17.2. The van der Waals surface area contributed by atoms with Crippen LogP contribution < -0.4 is 5.32 Å². The fourth-order valence-electron chi connectivity index (χ4n) is 2.46. The second-order valence-electron chi connectivity index (χ2n) is 5.01. The van der Waals surface area contributed by atoms with Crippen molar-refractivity contribution >= 4 is 5.91 Å². The molecule has 3 N–H and O–H groups in total. The number of nitrogens with zero attached hydrogens (tertiary/aromatic N) is 3. The molecule has 1 amide bonds. The fraction of sp³-hybridized carbons (Fsp3) is 0.500. The summed E-state index contributed by atoms with van der Waals surface area (Å²) < 4.78 is 10.6. The highest BCUT2D eigenvalue weighted by molar-refractivity contribution is 5.94. The second kappa shape index (κ2) is 7.91. The molecule has 0 unspecified atom stereocenters. The number of amides is 1. The molecule has 9 nitrogen and oxygen atoms in total. The number of carbonyl (C=O) groups is 1. The Balaban J connectivity index is 2.24. The van der Waals surface area contributed by atoms with Crippen LogP contribution in [0.5, 0.6) is 0 Å². The van der Waals surface area contributed by atoms with Gasteiger partial charge in [0.05, 0.1) is 24.8 Å². The van der Waals surface area contributed by atoms with Crippen molar-refractivity contribution in [3.8, 4) is 0 Å². The monoisotopic (exact) mass is 322 g/mol. The van der Waals surface area contributed by atoms with Crippen LogP contribution in [0.25, 0.3) is 10.4 Å². The van der Waals surface area contributed by atoms with Crippen LogP contribution in [0, 0.1) is 0 Å². The van der Waals surface area contributed by atoms with Crippen molar-refractivity contribution < 1.29 is 24.5 Å². The van der Waals surface area contributed by atoms with Crippen LogP contribution in [-0.2, 0) is 9.47 Å². The number of carbonyl (C=O) groups excluding carboxylic acids is 1. The number of hydrogen-bond acceptors (Lipinski definition) is 6. The van der Waals surface area contributed by atoms with Crippen LogP contribution >= 0.6 is 0 Å². The van der Waals surface area contributed by atoms with Gasteiger partial charge in [0.1, 0.15) is 6.10 Å². The number of azide groups is 1. The summed E-state index contributed by atoms with van der Waals surface area (Å²) in [5.41, 5.74) is 9.12. The Morgan fingerprint density at radius 1 is 1.48 bits per heavy atom. The normalized spacial score (nSPS) is 30.3. The average Bonchev–Trinajstić information content (AvgIpc) is 2.59. The maximum atomic E-state index is 12.3. The standard InChI is InChI=1S/C14H18N4O5/c1-22-14-11(16-13(21)8-5-3-2-4-6-8)10(17-18-15)12(20)9(7-19)23-14/h2-6,9-12,14,19-20H,7H2,1H3,(H,16,21)/t9-,10-,11+,12+,14-/m0/s1. The van der Waals surface area contributed by atoms with Gasteiger partial charge in [-0.15, -0.1) is 0 Å². The molecule has 5 atom stereocenters.